The zero-order valence-corrected chi connectivity index (χ0v) is 13.9. The average Bonchev–Trinajstić information content (AvgIpc) is 2.43. The lowest BCUT2D eigenvalue weighted by atomic mass is 9.97. The molecule has 1 atom stereocenters. The van der Waals surface area contributed by atoms with Gasteiger partial charge < -0.3 is 10.1 Å². The van der Waals surface area contributed by atoms with Gasteiger partial charge in [-0.1, -0.05) is 40.2 Å². The van der Waals surface area contributed by atoms with E-state index in [1.165, 1.54) is 6.07 Å². The molecule has 0 aliphatic rings. The van der Waals surface area contributed by atoms with Crippen molar-refractivity contribution in [1.29, 1.82) is 0 Å². The van der Waals surface area contributed by atoms with Crippen LogP contribution in [0.4, 0.5) is 4.39 Å². The van der Waals surface area contributed by atoms with E-state index in [-0.39, 0.29) is 18.0 Å². The van der Waals surface area contributed by atoms with Crippen molar-refractivity contribution < 1.29 is 9.13 Å². The summed E-state index contributed by atoms with van der Waals surface area (Å²) in [6, 6.07) is 12.4. The molecule has 0 saturated heterocycles. The molecule has 2 aromatic rings. The highest BCUT2D eigenvalue weighted by atomic mass is 79.9. The summed E-state index contributed by atoms with van der Waals surface area (Å²) in [6.07, 6.45) is 0.0627. The zero-order valence-electron chi connectivity index (χ0n) is 12.4. The summed E-state index contributed by atoms with van der Waals surface area (Å²) < 4.78 is 20.8. The van der Waals surface area contributed by atoms with E-state index in [1.807, 2.05) is 51.2 Å². The Balaban J connectivity index is 2.52. The van der Waals surface area contributed by atoms with Crippen molar-refractivity contribution in [2.75, 3.05) is 7.05 Å². The van der Waals surface area contributed by atoms with E-state index in [4.69, 9.17) is 4.74 Å². The van der Waals surface area contributed by atoms with Crippen LogP contribution in [0.3, 0.4) is 0 Å². The molecule has 0 aromatic heterocycles. The number of hydrogen-bond donors (Lipinski definition) is 1. The minimum absolute atomic E-state index is 0.0627. The normalized spacial score (nSPS) is 12.5. The smallest absolute Gasteiger partial charge is 0.129 e. The van der Waals surface area contributed by atoms with Gasteiger partial charge in [0.15, 0.2) is 0 Å². The fourth-order valence-electron chi connectivity index (χ4n) is 2.32. The highest BCUT2D eigenvalue weighted by molar-refractivity contribution is 9.10. The molecule has 0 heterocycles. The first-order valence-corrected chi connectivity index (χ1v) is 7.70. The van der Waals surface area contributed by atoms with E-state index in [9.17, 15) is 4.39 Å². The van der Waals surface area contributed by atoms with Crippen LogP contribution in [0.5, 0.6) is 5.75 Å². The van der Waals surface area contributed by atoms with Gasteiger partial charge in [-0.25, -0.2) is 4.39 Å². The standard InChI is InChI=1S/C17H19BrFNO/c1-11(2)21-15-10-5-4-7-12(15)17(20-3)16-13(18)8-6-9-14(16)19/h4-11,17,20H,1-3H3. The molecule has 1 N–H and O–H groups in total. The van der Waals surface area contributed by atoms with Gasteiger partial charge in [-0.2, -0.15) is 0 Å². The fraction of sp³-hybridized carbons (Fsp3) is 0.294. The molecule has 0 fully saturated rings. The van der Waals surface area contributed by atoms with Crippen LogP contribution >= 0.6 is 15.9 Å². The molecular weight excluding hydrogens is 333 g/mol. The molecule has 0 saturated carbocycles. The Hall–Kier alpha value is -1.39. The summed E-state index contributed by atoms with van der Waals surface area (Å²) in [5.41, 5.74) is 1.50. The van der Waals surface area contributed by atoms with Gasteiger partial charge in [-0.05, 0) is 39.1 Å². The van der Waals surface area contributed by atoms with Crippen molar-refractivity contribution in [3.05, 3.63) is 63.9 Å². The summed E-state index contributed by atoms with van der Waals surface area (Å²) in [5.74, 6) is 0.519. The van der Waals surface area contributed by atoms with E-state index >= 15 is 0 Å². The Bertz CT molecular complexity index is 595. The molecular formula is C17H19BrFNO. The molecule has 0 bridgehead atoms. The first kappa shape index (κ1) is 16.0. The molecule has 0 aliphatic carbocycles. The molecule has 4 heteroatoms. The van der Waals surface area contributed by atoms with Crippen LogP contribution < -0.4 is 10.1 Å². The SMILES string of the molecule is CNC(c1ccccc1OC(C)C)c1c(F)cccc1Br. The maximum absolute atomic E-state index is 14.3. The highest BCUT2D eigenvalue weighted by Crippen LogP contribution is 2.35. The second-order valence-corrected chi connectivity index (χ2v) is 5.92. The minimum atomic E-state index is -0.282. The van der Waals surface area contributed by atoms with Gasteiger partial charge in [0.1, 0.15) is 11.6 Å². The maximum atomic E-state index is 14.3. The van der Waals surface area contributed by atoms with Crippen LogP contribution in [-0.4, -0.2) is 13.2 Å². The van der Waals surface area contributed by atoms with Crippen LogP contribution in [0.2, 0.25) is 0 Å². The van der Waals surface area contributed by atoms with Gasteiger partial charge in [0, 0.05) is 15.6 Å². The number of nitrogens with one attached hydrogen (secondary N) is 1. The van der Waals surface area contributed by atoms with Gasteiger partial charge >= 0.3 is 0 Å². The maximum Gasteiger partial charge on any atom is 0.129 e. The Morgan fingerprint density at radius 3 is 2.43 bits per heavy atom. The summed E-state index contributed by atoms with van der Waals surface area (Å²) in [4.78, 5) is 0. The van der Waals surface area contributed by atoms with Crippen molar-refractivity contribution in [1.82, 2.24) is 5.32 Å². The predicted molar refractivity (Wildman–Crippen MR) is 87.2 cm³/mol. The lowest BCUT2D eigenvalue weighted by Crippen LogP contribution is -2.21. The third-order valence-electron chi connectivity index (χ3n) is 3.17. The lowest BCUT2D eigenvalue weighted by molar-refractivity contribution is 0.238. The van der Waals surface area contributed by atoms with E-state index in [2.05, 4.69) is 21.2 Å². The molecule has 21 heavy (non-hydrogen) atoms. The van der Waals surface area contributed by atoms with E-state index in [1.54, 1.807) is 6.07 Å². The first-order valence-electron chi connectivity index (χ1n) is 6.91. The number of benzene rings is 2. The number of halogens is 2. The molecule has 112 valence electrons. The average molecular weight is 352 g/mol. The molecule has 1 unspecified atom stereocenters. The molecule has 0 radical (unpaired) electrons. The van der Waals surface area contributed by atoms with E-state index in [0.29, 0.717) is 5.56 Å². The highest BCUT2D eigenvalue weighted by Gasteiger charge is 2.22. The van der Waals surface area contributed by atoms with Gasteiger partial charge in [0.25, 0.3) is 0 Å². The van der Waals surface area contributed by atoms with Crippen LogP contribution in [0.1, 0.15) is 31.0 Å². The Morgan fingerprint density at radius 2 is 1.81 bits per heavy atom. The second-order valence-electron chi connectivity index (χ2n) is 5.06. The van der Waals surface area contributed by atoms with Crippen LogP contribution in [0.25, 0.3) is 0 Å². The lowest BCUT2D eigenvalue weighted by Gasteiger charge is -2.23. The van der Waals surface area contributed by atoms with Gasteiger partial charge in [-0.3, -0.25) is 0 Å². The largest absolute Gasteiger partial charge is 0.491 e. The van der Waals surface area contributed by atoms with E-state index in [0.717, 1.165) is 15.8 Å². The predicted octanol–water partition coefficient (Wildman–Crippen LogP) is 4.68. The minimum Gasteiger partial charge on any atom is -0.491 e. The van der Waals surface area contributed by atoms with Gasteiger partial charge in [0.2, 0.25) is 0 Å². The Labute approximate surface area is 133 Å². The Kier molecular flexibility index (Phi) is 5.37. The van der Waals surface area contributed by atoms with Crippen molar-refractivity contribution >= 4 is 15.9 Å². The van der Waals surface area contributed by atoms with Crippen molar-refractivity contribution in [3.63, 3.8) is 0 Å². The number of hydrogen-bond acceptors (Lipinski definition) is 2. The molecule has 0 amide bonds. The van der Waals surface area contributed by atoms with Crippen LogP contribution in [-0.2, 0) is 0 Å². The molecule has 0 aliphatic heterocycles. The van der Waals surface area contributed by atoms with E-state index < -0.39 is 0 Å². The Morgan fingerprint density at radius 1 is 1.10 bits per heavy atom. The fourth-order valence-corrected chi connectivity index (χ4v) is 2.89. The number of rotatable bonds is 5. The van der Waals surface area contributed by atoms with Gasteiger partial charge in [0.05, 0.1) is 12.1 Å². The van der Waals surface area contributed by atoms with Crippen molar-refractivity contribution in [2.24, 2.45) is 0 Å². The zero-order chi connectivity index (χ0) is 15.4. The second kappa shape index (κ2) is 7.05. The molecule has 2 nitrogen and oxygen atoms in total. The topological polar surface area (TPSA) is 21.3 Å². The number of ether oxygens (including phenoxy) is 1. The molecule has 0 spiro atoms. The number of para-hydroxylation sites is 1. The summed E-state index contributed by atoms with van der Waals surface area (Å²) in [5, 5.41) is 3.18. The van der Waals surface area contributed by atoms with Crippen LogP contribution in [0, 0.1) is 5.82 Å². The summed E-state index contributed by atoms with van der Waals surface area (Å²) >= 11 is 3.44. The van der Waals surface area contributed by atoms with Crippen molar-refractivity contribution in [3.8, 4) is 5.75 Å². The van der Waals surface area contributed by atoms with Crippen molar-refractivity contribution in [2.45, 2.75) is 26.0 Å². The quantitative estimate of drug-likeness (QED) is 0.843. The molecule has 2 rings (SSSR count). The summed E-state index contributed by atoms with van der Waals surface area (Å²) in [7, 11) is 1.82. The third-order valence-corrected chi connectivity index (χ3v) is 3.86. The molecule has 2 aromatic carbocycles. The van der Waals surface area contributed by atoms with Crippen LogP contribution in [0.15, 0.2) is 46.9 Å². The van der Waals surface area contributed by atoms with Gasteiger partial charge in [-0.15, -0.1) is 0 Å². The monoisotopic (exact) mass is 351 g/mol. The summed E-state index contributed by atoms with van der Waals surface area (Å²) in [6.45, 7) is 3.95. The first-order chi connectivity index (χ1) is 10.0. The third kappa shape index (κ3) is 3.63.